The first kappa shape index (κ1) is 19.8. The van der Waals surface area contributed by atoms with Crippen LogP contribution in [0.5, 0.6) is 0 Å². The number of aromatic nitrogens is 3. The van der Waals surface area contributed by atoms with E-state index in [0.717, 1.165) is 13.0 Å². The third-order valence-corrected chi connectivity index (χ3v) is 5.44. The van der Waals surface area contributed by atoms with E-state index in [9.17, 15) is 14.4 Å². The van der Waals surface area contributed by atoms with E-state index in [-0.39, 0.29) is 18.1 Å². The van der Waals surface area contributed by atoms with Crippen LogP contribution in [-0.2, 0) is 9.53 Å². The Kier molecular flexibility index (Phi) is 6.24. The van der Waals surface area contributed by atoms with Crippen molar-refractivity contribution < 1.29 is 19.1 Å². The summed E-state index contributed by atoms with van der Waals surface area (Å²) < 4.78 is 5.12. The molecular formula is C17H22N6O4S. The maximum absolute atomic E-state index is 12.4. The van der Waals surface area contributed by atoms with Gasteiger partial charge in [-0.05, 0) is 20.3 Å². The molecule has 1 fully saturated rings. The van der Waals surface area contributed by atoms with Gasteiger partial charge in [0, 0.05) is 31.6 Å². The molecule has 3 heterocycles. The molecule has 1 aliphatic rings. The molecule has 0 radical (unpaired) electrons. The Morgan fingerprint density at radius 2 is 2.07 bits per heavy atom. The first-order valence-corrected chi connectivity index (χ1v) is 9.82. The van der Waals surface area contributed by atoms with Crippen LogP contribution in [0, 0.1) is 6.92 Å². The van der Waals surface area contributed by atoms with E-state index in [0.29, 0.717) is 35.1 Å². The molecular weight excluding hydrogens is 384 g/mol. The van der Waals surface area contributed by atoms with Crippen LogP contribution in [0.15, 0.2) is 12.4 Å². The third kappa shape index (κ3) is 4.30. The molecule has 0 aliphatic carbocycles. The van der Waals surface area contributed by atoms with Crippen molar-refractivity contribution in [2.24, 2.45) is 0 Å². The second-order valence-corrected chi connectivity index (χ2v) is 7.14. The smallest absolute Gasteiger partial charge is 0.341 e. The minimum absolute atomic E-state index is 0.108. The van der Waals surface area contributed by atoms with Crippen molar-refractivity contribution in [1.29, 1.82) is 0 Å². The van der Waals surface area contributed by atoms with Gasteiger partial charge in [0.25, 0.3) is 0 Å². The topological polar surface area (TPSA) is 118 Å². The standard InChI is InChI=1S/C17H22N6O4S/c1-3-27-16(25)13-11(2)15(23-19-6-7-20-23)28-14(13)21-17(26)18-8-10-22-9-4-5-12(22)24/h6-7H,3-5,8-10H2,1-2H3,(H2,18,21,26). The largest absolute Gasteiger partial charge is 0.462 e. The lowest BCUT2D eigenvalue weighted by Gasteiger charge is -2.15. The van der Waals surface area contributed by atoms with Gasteiger partial charge in [-0.3, -0.25) is 10.1 Å². The fourth-order valence-electron chi connectivity index (χ4n) is 2.94. The van der Waals surface area contributed by atoms with Gasteiger partial charge in [0.1, 0.15) is 10.0 Å². The molecule has 1 saturated heterocycles. The molecule has 2 N–H and O–H groups in total. The summed E-state index contributed by atoms with van der Waals surface area (Å²) in [5.74, 6) is -0.412. The van der Waals surface area contributed by atoms with Gasteiger partial charge >= 0.3 is 12.0 Å². The van der Waals surface area contributed by atoms with Gasteiger partial charge in [-0.25, -0.2) is 9.59 Å². The number of esters is 1. The molecule has 0 bridgehead atoms. The summed E-state index contributed by atoms with van der Waals surface area (Å²) in [4.78, 5) is 39.4. The Morgan fingerprint density at radius 3 is 2.71 bits per heavy atom. The molecule has 0 atom stereocenters. The lowest BCUT2D eigenvalue weighted by atomic mass is 10.2. The lowest BCUT2D eigenvalue weighted by Crippen LogP contribution is -2.37. The number of rotatable bonds is 7. The number of nitrogens with zero attached hydrogens (tertiary/aromatic N) is 4. The second-order valence-electron chi connectivity index (χ2n) is 6.14. The van der Waals surface area contributed by atoms with Crippen molar-refractivity contribution in [1.82, 2.24) is 25.2 Å². The summed E-state index contributed by atoms with van der Waals surface area (Å²) in [5.41, 5.74) is 0.904. The highest BCUT2D eigenvalue weighted by atomic mass is 32.1. The summed E-state index contributed by atoms with van der Waals surface area (Å²) >= 11 is 1.19. The molecule has 2 aromatic heterocycles. The Hall–Kier alpha value is -2.95. The van der Waals surface area contributed by atoms with Gasteiger partial charge in [-0.2, -0.15) is 10.2 Å². The number of amides is 3. The van der Waals surface area contributed by atoms with Gasteiger partial charge in [0.2, 0.25) is 5.91 Å². The van der Waals surface area contributed by atoms with Gasteiger partial charge in [0.15, 0.2) is 0 Å². The van der Waals surface area contributed by atoms with Crippen LogP contribution in [0.1, 0.15) is 35.7 Å². The van der Waals surface area contributed by atoms with E-state index >= 15 is 0 Å². The highest BCUT2D eigenvalue weighted by molar-refractivity contribution is 7.19. The predicted octanol–water partition coefficient (Wildman–Crippen LogP) is 1.56. The molecule has 0 aromatic carbocycles. The van der Waals surface area contributed by atoms with E-state index in [1.807, 2.05) is 0 Å². The van der Waals surface area contributed by atoms with Crippen molar-refractivity contribution in [2.75, 3.05) is 31.6 Å². The summed E-state index contributed by atoms with van der Waals surface area (Å²) in [6.07, 6.45) is 4.48. The van der Waals surface area contributed by atoms with Gasteiger partial charge < -0.3 is 15.0 Å². The lowest BCUT2D eigenvalue weighted by molar-refractivity contribution is -0.127. The fraction of sp³-hybridized carbons (Fsp3) is 0.471. The molecule has 0 saturated carbocycles. The number of hydrogen-bond acceptors (Lipinski definition) is 7. The van der Waals surface area contributed by atoms with Crippen LogP contribution in [0.2, 0.25) is 0 Å². The van der Waals surface area contributed by atoms with Crippen molar-refractivity contribution in [3.63, 3.8) is 0 Å². The second kappa shape index (κ2) is 8.83. The van der Waals surface area contributed by atoms with E-state index in [1.165, 1.54) is 28.5 Å². The summed E-state index contributed by atoms with van der Waals surface area (Å²) in [7, 11) is 0. The van der Waals surface area contributed by atoms with E-state index in [4.69, 9.17) is 4.74 Å². The maximum atomic E-state index is 12.4. The van der Waals surface area contributed by atoms with Crippen LogP contribution in [0.25, 0.3) is 5.00 Å². The average Bonchev–Trinajstić information content (AvgIpc) is 3.37. The van der Waals surface area contributed by atoms with Crippen LogP contribution in [0.3, 0.4) is 0 Å². The molecule has 28 heavy (non-hydrogen) atoms. The van der Waals surface area contributed by atoms with E-state index in [1.54, 1.807) is 18.7 Å². The summed E-state index contributed by atoms with van der Waals surface area (Å²) in [6.45, 7) is 5.20. The number of carbonyl (C=O) groups is 3. The number of nitrogens with one attached hydrogen (secondary N) is 2. The van der Waals surface area contributed by atoms with Gasteiger partial charge in [0.05, 0.1) is 24.6 Å². The third-order valence-electron chi connectivity index (χ3n) is 4.27. The van der Waals surface area contributed by atoms with E-state index < -0.39 is 12.0 Å². The van der Waals surface area contributed by atoms with Crippen LogP contribution < -0.4 is 10.6 Å². The van der Waals surface area contributed by atoms with Crippen molar-refractivity contribution in [3.05, 3.63) is 23.5 Å². The Balaban J connectivity index is 1.70. The minimum Gasteiger partial charge on any atom is -0.462 e. The van der Waals surface area contributed by atoms with Crippen LogP contribution >= 0.6 is 11.3 Å². The number of likely N-dealkylation sites (tertiary alicyclic amines) is 1. The average molecular weight is 406 g/mol. The molecule has 3 rings (SSSR count). The maximum Gasteiger partial charge on any atom is 0.341 e. The number of hydrogen-bond donors (Lipinski definition) is 2. The highest BCUT2D eigenvalue weighted by Gasteiger charge is 2.25. The molecule has 1 aliphatic heterocycles. The molecule has 150 valence electrons. The van der Waals surface area contributed by atoms with E-state index in [2.05, 4.69) is 20.8 Å². The SMILES string of the molecule is CCOC(=O)c1c(NC(=O)NCCN2CCCC2=O)sc(-n2nccn2)c1C. The normalized spacial score (nSPS) is 13.6. The zero-order valence-corrected chi connectivity index (χ0v) is 16.5. The highest BCUT2D eigenvalue weighted by Crippen LogP contribution is 2.35. The fourth-order valence-corrected chi connectivity index (χ4v) is 4.05. The molecule has 11 heteroatoms. The van der Waals surface area contributed by atoms with Gasteiger partial charge in [-0.15, -0.1) is 4.80 Å². The Bertz CT molecular complexity index is 863. The van der Waals surface area contributed by atoms with Crippen molar-refractivity contribution in [3.8, 4) is 5.00 Å². The first-order chi connectivity index (χ1) is 13.5. The van der Waals surface area contributed by atoms with Crippen LogP contribution in [0.4, 0.5) is 9.80 Å². The molecule has 2 aromatic rings. The number of ether oxygens (including phenoxy) is 1. The monoisotopic (exact) mass is 406 g/mol. The minimum atomic E-state index is -0.521. The summed E-state index contributed by atoms with van der Waals surface area (Å²) in [6, 6.07) is -0.460. The Morgan fingerprint density at radius 1 is 1.32 bits per heavy atom. The summed E-state index contributed by atoms with van der Waals surface area (Å²) in [5, 5.41) is 14.6. The zero-order chi connectivity index (χ0) is 20.1. The number of thiophene rings is 1. The van der Waals surface area contributed by atoms with Crippen molar-refractivity contribution in [2.45, 2.75) is 26.7 Å². The Labute approximate surface area is 165 Å². The molecule has 10 nitrogen and oxygen atoms in total. The molecule has 0 unspecified atom stereocenters. The van der Waals surface area contributed by atoms with Gasteiger partial charge in [-0.1, -0.05) is 11.3 Å². The first-order valence-electron chi connectivity index (χ1n) is 9.01. The molecule has 0 spiro atoms. The quantitative estimate of drug-likeness (QED) is 0.674. The predicted molar refractivity (Wildman–Crippen MR) is 103 cm³/mol. The van der Waals surface area contributed by atoms with Crippen molar-refractivity contribution >= 4 is 34.2 Å². The number of anilines is 1. The number of urea groups is 1. The zero-order valence-electron chi connectivity index (χ0n) is 15.7. The number of carbonyl (C=O) groups excluding carboxylic acids is 3. The van der Waals surface area contributed by atoms with Crippen LogP contribution in [-0.4, -0.2) is 64.0 Å². The molecule has 3 amide bonds.